The summed E-state index contributed by atoms with van der Waals surface area (Å²) in [5.41, 5.74) is 3.23. The summed E-state index contributed by atoms with van der Waals surface area (Å²) in [4.78, 5) is 2.42. The molecule has 23 heavy (non-hydrogen) atoms. The Morgan fingerprint density at radius 1 is 1.00 bits per heavy atom. The van der Waals surface area contributed by atoms with E-state index >= 15 is 0 Å². The van der Waals surface area contributed by atoms with Crippen LogP contribution in [0.15, 0.2) is 47.1 Å². The number of pyridine rings is 1. The summed E-state index contributed by atoms with van der Waals surface area (Å²) in [6.07, 6.45) is 1.99. The molecule has 0 aliphatic carbocycles. The second kappa shape index (κ2) is 6.39. The van der Waals surface area contributed by atoms with Gasteiger partial charge in [0, 0.05) is 35.9 Å². The van der Waals surface area contributed by atoms with E-state index in [1.54, 1.807) is 0 Å². The Labute approximate surface area is 143 Å². The van der Waals surface area contributed by atoms with Crippen molar-refractivity contribution >= 4 is 21.6 Å². The maximum atomic E-state index is 5.39. The molecule has 4 rings (SSSR count). The average molecular weight is 373 g/mol. The van der Waals surface area contributed by atoms with E-state index < -0.39 is 0 Å². The minimum Gasteiger partial charge on any atom is -0.379 e. The Morgan fingerprint density at radius 3 is 2.57 bits per heavy atom. The minimum absolute atomic E-state index is 0.832. The highest BCUT2D eigenvalue weighted by molar-refractivity contribution is 9.10. The molecule has 1 aromatic carbocycles. The van der Waals surface area contributed by atoms with Crippen molar-refractivity contribution < 1.29 is 4.74 Å². The normalized spacial score (nSPS) is 16.0. The Kier molecular flexibility index (Phi) is 4.11. The van der Waals surface area contributed by atoms with E-state index in [4.69, 9.17) is 4.74 Å². The van der Waals surface area contributed by atoms with Gasteiger partial charge in [0.15, 0.2) is 11.5 Å². The molecular formula is C17H17BrN4O. The van der Waals surface area contributed by atoms with Gasteiger partial charge in [-0.15, -0.1) is 10.2 Å². The van der Waals surface area contributed by atoms with Crippen molar-refractivity contribution in [2.24, 2.45) is 0 Å². The van der Waals surface area contributed by atoms with Crippen molar-refractivity contribution in [3.05, 3.63) is 52.6 Å². The molecule has 0 spiro atoms. The van der Waals surface area contributed by atoms with Crippen LogP contribution in [-0.2, 0) is 11.3 Å². The van der Waals surface area contributed by atoms with Crippen LogP contribution in [0.1, 0.15) is 5.56 Å². The third kappa shape index (κ3) is 3.15. The van der Waals surface area contributed by atoms with Crippen LogP contribution in [0.2, 0.25) is 0 Å². The molecule has 0 atom stereocenters. The highest BCUT2D eigenvalue weighted by Gasteiger charge is 2.12. The Bertz CT molecular complexity index is 809. The molecule has 3 heterocycles. The van der Waals surface area contributed by atoms with Gasteiger partial charge < -0.3 is 4.74 Å². The van der Waals surface area contributed by atoms with Crippen LogP contribution < -0.4 is 0 Å². The van der Waals surface area contributed by atoms with E-state index in [2.05, 4.69) is 55.3 Å². The maximum absolute atomic E-state index is 5.39. The van der Waals surface area contributed by atoms with Crippen molar-refractivity contribution in [1.82, 2.24) is 19.5 Å². The number of morpholine rings is 1. The predicted octanol–water partition coefficient (Wildman–Crippen LogP) is 2.99. The topological polar surface area (TPSA) is 42.7 Å². The zero-order valence-electron chi connectivity index (χ0n) is 12.7. The molecule has 0 amide bonds. The molecule has 0 saturated carbocycles. The van der Waals surface area contributed by atoms with Gasteiger partial charge in [0.05, 0.1) is 13.2 Å². The second-order valence-corrected chi connectivity index (χ2v) is 6.60. The molecule has 6 heteroatoms. The second-order valence-electron chi connectivity index (χ2n) is 5.68. The molecule has 2 aromatic heterocycles. The summed E-state index contributed by atoms with van der Waals surface area (Å²) in [7, 11) is 0. The first kappa shape index (κ1) is 14.8. The van der Waals surface area contributed by atoms with Crippen molar-refractivity contribution in [1.29, 1.82) is 0 Å². The number of ether oxygens (including phenoxy) is 1. The maximum Gasteiger partial charge on any atom is 0.168 e. The number of rotatable bonds is 3. The zero-order chi connectivity index (χ0) is 15.6. The van der Waals surface area contributed by atoms with Gasteiger partial charge >= 0.3 is 0 Å². The molecule has 1 saturated heterocycles. The quantitative estimate of drug-likeness (QED) is 0.708. The van der Waals surface area contributed by atoms with E-state index in [9.17, 15) is 0 Å². The van der Waals surface area contributed by atoms with Crippen LogP contribution in [0.25, 0.3) is 17.0 Å². The molecule has 0 radical (unpaired) electrons. The Hall–Kier alpha value is -1.76. The first-order chi connectivity index (χ1) is 11.3. The molecule has 1 aliphatic rings. The minimum atomic E-state index is 0.832. The van der Waals surface area contributed by atoms with E-state index in [0.29, 0.717) is 0 Å². The van der Waals surface area contributed by atoms with Gasteiger partial charge in [-0.1, -0.05) is 24.3 Å². The largest absolute Gasteiger partial charge is 0.379 e. The van der Waals surface area contributed by atoms with Crippen LogP contribution in [-0.4, -0.2) is 45.8 Å². The van der Waals surface area contributed by atoms with Gasteiger partial charge in [0.2, 0.25) is 0 Å². The van der Waals surface area contributed by atoms with Gasteiger partial charge in [0.25, 0.3) is 0 Å². The molecule has 5 nitrogen and oxygen atoms in total. The molecule has 1 aliphatic heterocycles. The van der Waals surface area contributed by atoms with Crippen LogP contribution >= 0.6 is 15.9 Å². The average Bonchev–Trinajstić information content (AvgIpc) is 2.99. The Morgan fingerprint density at radius 2 is 1.78 bits per heavy atom. The summed E-state index contributed by atoms with van der Waals surface area (Å²) < 4.78 is 8.40. The van der Waals surface area contributed by atoms with Crippen LogP contribution in [0, 0.1) is 0 Å². The molecule has 118 valence electrons. The van der Waals surface area contributed by atoms with Gasteiger partial charge in [-0.05, 0) is 33.6 Å². The van der Waals surface area contributed by atoms with Gasteiger partial charge in [0.1, 0.15) is 0 Å². The summed E-state index contributed by atoms with van der Waals surface area (Å²) in [5.74, 6) is 0.860. The van der Waals surface area contributed by atoms with Crippen LogP contribution in [0.4, 0.5) is 0 Å². The summed E-state index contributed by atoms with van der Waals surface area (Å²) >= 11 is 3.50. The predicted molar refractivity (Wildman–Crippen MR) is 92.2 cm³/mol. The standard InChI is InChI=1S/C17H17BrN4O/c18-15-5-6-16-19-20-17(22(16)12-15)14-3-1-13(2-4-14)11-21-7-9-23-10-8-21/h1-6,12H,7-11H2. The zero-order valence-corrected chi connectivity index (χ0v) is 14.2. The fourth-order valence-electron chi connectivity index (χ4n) is 2.84. The summed E-state index contributed by atoms with van der Waals surface area (Å²) in [5, 5.41) is 8.54. The molecule has 0 unspecified atom stereocenters. The monoisotopic (exact) mass is 372 g/mol. The fraction of sp³-hybridized carbons (Fsp3) is 0.294. The number of fused-ring (bicyclic) bond motifs is 1. The van der Waals surface area contributed by atoms with Crippen LogP contribution in [0.3, 0.4) is 0 Å². The summed E-state index contributed by atoms with van der Waals surface area (Å²) in [6.45, 7) is 4.64. The number of hydrogen-bond acceptors (Lipinski definition) is 4. The lowest BCUT2D eigenvalue weighted by Crippen LogP contribution is -2.35. The van der Waals surface area contributed by atoms with E-state index in [-0.39, 0.29) is 0 Å². The molecule has 0 bridgehead atoms. The molecule has 1 fully saturated rings. The van der Waals surface area contributed by atoms with Crippen molar-refractivity contribution in [3.63, 3.8) is 0 Å². The van der Waals surface area contributed by atoms with E-state index in [1.807, 2.05) is 22.7 Å². The number of aromatic nitrogens is 3. The van der Waals surface area contributed by atoms with E-state index in [1.165, 1.54) is 5.56 Å². The first-order valence-electron chi connectivity index (χ1n) is 7.69. The number of hydrogen-bond donors (Lipinski definition) is 0. The lowest BCUT2D eigenvalue weighted by Gasteiger charge is -2.26. The highest BCUT2D eigenvalue weighted by atomic mass is 79.9. The summed E-state index contributed by atoms with van der Waals surface area (Å²) in [6, 6.07) is 12.5. The molecule has 0 N–H and O–H groups in total. The lowest BCUT2D eigenvalue weighted by molar-refractivity contribution is 0.0342. The van der Waals surface area contributed by atoms with Crippen molar-refractivity contribution in [3.8, 4) is 11.4 Å². The van der Waals surface area contributed by atoms with Crippen molar-refractivity contribution in [2.45, 2.75) is 6.54 Å². The molecule has 3 aromatic rings. The first-order valence-corrected chi connectivity index (χ1v) is 8.48. The number of halogens is 1. The van der Waals surface area contributed by atoms with Crippen LogP contribution in [0.5, 0.6) is 0 Å². The number of benzene rings is 1. The van der Waals surface area contributed by atoms with Crippen molar-refractivity contribution in [2.75, 3.05) is 26.3 Å². The van der Waals surface area contributed by atoms with E-state index in [0.717, 1.165) is 54.4 Å². The SMILES string of the molecule is Brc1ccc2nnc(-c3ccc(CN4CCOCC4)cc3)n2c1. The lowest BCUT2D eigenvalue weighted by atomic mass is 10.1. The Balaban J connectivity index is 1.58. The molecular weight excluding hydrogens is 356 g/mol. The third-order valence-electron chi connectivity index (χ3n) is 4.09. The van der Waals surface area contributed by atoms with Gasteiger partial charge in [-0.2, -0.15) is 0 Å². The third-order valence-corrected chi connectivity index (χ3v) is 4.56. The highest BCUT2D eigenvalue weighted by Crippen LogP contribution is 2.21. The number of nitrogens with zero attached hydrogens (tertiary/aromatic N) is 4. The van der Waals surface area contributed by atoms with Gasteiger partial charge in [-0.3, -0.25) is 9.30 Å². The van der Waals surface area contributed by atoms with Gasteiger partial charge in [-0.25, -0.2) is 0 Å². The smallest absolute Gasteiger partial charge is 0.168 e. The fourth-order valence-corrected chi connectivity index (χ4v) is 3.18.